The van der Waals surface area contributed by atoms with Crippen LogP contribution in [-0.2, 0) is 16.4 Å². The largest absolute Gasteiger partial charge is 0.467 e. The molecule has 0 spiro atoms. The van der Waals surface area contributed by atoms with Crippen molar-refractivity contribution >= 4 is 42.4 Å². The van der Waals surface area contributed by atoms with E-state index in [-0.39, 0.29) is 17.0 Å². The second-order valence-electron chi connectivity index (χ2n) is 7.20. The van der Waals surface area contributed by atoms with Gasteiger partial charge in [0.05, 0.1) is 33.2 Å². The first kappa shape index (κ1) is 21.2. The molecule has 0 saturated heterocycles. The molecule has 0 bridgehead atoms. The maximum atomic E-state index is 13.6. The fraction of sp³-hybridized carbons (Fsp3) is 0.182. The predicted molar refractivity (Wildman–Crippen MR) is 118 cm³/mol. The number of anilines is 1. The Bertz CT molecular complexity index is 1350. The molecule has 2 heterocycles. The lowest BCUT2D eigenvalue weighted by molar-refractivity contribution is 0.0983. The SMILES string of the molecule is CC(C)S(=O)(=O)c1cccc(C(=O)N(Cc2ccco2)c2nc3ccc(F)cc3s2)c1. The van der Waals surface area contributed by atoms with Crippen LogP contribution in [-0.4, -0.2) is 24.6 Å². The van der Waals surface area contributed by atoms with Crippen LogP contribution in [0.5, 0.6) is 0 Å². The van der Waals surface area contributed by atoms with Crippen LogP contribution in [0, 0.1) is 5.82 Å². The molecule has 0 fully saturated rings. The van der Waals surface area contributed by atoms with Crippen LogP contribution in [0.4, 0.5) is 9.52 Å². The molecule has 0 unspecified atom stereocenters. The maximum absolute atomic E-state index is 13.6. The van der Waals surface area contributed by atoms with Gasteiger partial charge in [0.1, 0.15) is 11.6 Å². The molecule has 31 heavy (non-hydrogen) atoms. The topological polar surface area (TPSA) is 80.5 Å². The first-order valence-corrected chi connectivity index (χ1v) is 11.9. The molecule has 0 N–H and O–H groups in total. The van der Waals surface area contributed by atoms with Gasteiger partial charge in [0.15, 0.2) is 15.0 Å². The average Bonchev–Trinajstić information content (AvgIpc) is 3.40. The summed E-state index contributed by atoms with van der Waals surface area (Å²) < 4.78 is 44.8. The molecule has 9 heteroatoms. The minimum atomic E-state index is -3.54. The lowest BCUT2D eigenvalue weighted by Gasteiger charge is -2.19. The van der Waals surface area contributed by atoms with Crippen molar-refractivity contribution in [3.05, 3.63) is 78.0 Å². The van der Waals surface area contributed by atoms with E-state index >= 15 is 0 Å². The van der Waals surface area contributed by atoms with Gasteiger partial charge in [0, 0.05) is 5.56 Å². The van der Waals surface area contributed by atoms with E-state index in [1.165, 1.54) is 46.8 Å². The van der Waals surface area contributed by atoms with E-state index in [1.807, 2.05) is 0 Å². The molecule has 0 aliphatic carbocycles. The van der Waals surface area contributed by atoms with Gasteiger partial charge in [0.2, 0.25) is 0 Å². The first-order chi connectivity index (χ1) is 14.8. The van der Waals surface area contributed by atoms with Crippen LogP contribution in [0.3, 0.4) is 0 Å². The fourth-order valence-corrected chi connectivity index (χ4v) is 5.11. The van der Waals surface area contributed by atoms with Crippen LogP contribution in [0.25, 0.3) is 10.2 Å². The van der Waals surface area contributed by atoms with Crippen LogP contribution < -0.4 is 4.90 Å². The number of benzene rings is 2. The van der Waals surface area contributed by atoms with E-state index in [2.05, 4.69) is 4.98 Å². The summed E-state index contributed by atoms with van der Waals surface area (Å²) in [5.74, 6) is -0.292. The third kappa shape index (κ3) is 4.24. The monoisotopic (exact) mass is 458 g/mol. The van der Waals surface area contributed by atoms with E-state index in [9.17, 15) is 17.6 Å². The molecule has 0 radical (unpaired) electrons. The molecule has 0 aliphatic heterocycles. The summed E-state index contributed by atoms with van der Waals surface area (Å²) in [6, 6.07) is 13.6. The number of halogens is 1. The number of amides is 1. The summed E-state index contributed by atoms with van der Waals surface area (Å²) in [4.78, 5) is 19.4. The van der Waals surface area contributed by atoms with Gasteiger partial charge in [0.25, 0.3) is 5.91 Å². The Balaban J connectivity index is 1.77. The van der Waals surface area contributed by atoms with Crippen molar-refractivity contribution in [1.82, 2.24) is 4.98 Å². The number of carbonyl (C=O) groups excluding carboxylic acids is 1. The Morgan fingerprint density at radius 2 is 1.97 bits per heavy atom. The van der Waals surface area contributed by atoms with Crippen LogP contribution in [0.2, 0.25) is 0 Å². The number of rotatable bonds is 6. The number of fused-ring (bicyclic) bond motifs is 1. The third-order valence-electron chi connectivity index (χ3n) is 4.74. The highest BCUT2D eigenvalue weighted by atomic mass is 32.2. The van der Waals surface area contributed by atoms with Crippen molar-refractivity contribution in [3.63, 3.8) is 0 Å². The molecule has 4 aromatic rings. The Morgan fingerprint density at radius 1 is 1.16 bits per heavy atom. The number of thiazole rings is 1. The number of furan rings is 1. The maximum Gasteiger partial charge on any atom is 0.260 e. The zero-order valence-electron chi connectivity index (χ0n) is 16.8. The quantitative estimate of drug-likeness (QED) is 0.404. The fourth-order valence-electron chi connectivity index (χ4n) is 3.02. The van der Waals surface area contributed by atoms with Gasteiger partial charge in [-0.25, -0.2) is 17.8 Å². The van der Waals surface area contributed by atoms with E-state index < -0.39 is 26.8 Å². The Morgan fingerprint density at radius 3 is 2.68 bits per heavy atom. The highest BCUT2D eigenvalue weighted by molar-refractivity contribution is 7.92. The van der Waals surface area contributed by atoms with Crippen molar-refractivity contribution in [2.45, 2.75) is 30.5 Å². The zero-order chi connectivity index (χ0) is 22.2. The molecule has 2 aromatic heterocycles. The van der Waals surface area contributed by atoms with E-state index in [4.69, 9.17) is 4.42 Å². The smallest absolute Gasteiger partial charge is 0.260 e. The highest BCUT2D eigenvalue weighted by Gasteiger charge is 2.25. The van der Waals surface area contributed by atoms with Crippen molar-refractivity contribution in [3.8, 4) is 0 Å². The number of sulfone groups is 1. The summed E-state index contributed by atoms with van der Waals surface area (Å²) in [5, 5.41) is -0.254. The molecule has 4 rings (SSSR count). The highest BCUT2D eigenvalue weighted by Crippen LogP contribution is 2.31. The number of hydrogen-bond donors (Lipinski definition) is 0. The summed E-state index contributed by atoms with van der Waals surface area (Å²) in [7, 11) is -3.54. The minimum Gasteiger partial charge on any atom is -0.467 e. The number of aromatic nitrogens is 1. The molecule has 2 aromatic carbocycles. The standard InChI is InChI=1S/C22H19FN2O4S2/c1-14(2)31(27,28)18-7-3-5-15(11-18)21(26)25(13-17-6-4-10-29-17)22-24-19-9-8-16(23)12-20(19)30-22/h3-12,14H,13H2,1-2H3. The van der Waals surface area contributed by atoms with Crippen LogP contribution >= 0.6 is 11.3 Å². The number of hydrogen-bond acceptors (Lipinski definition) is 6. The minimum absolute atomic E-state index is 0.0812. The number of carbonyl (C=O) groups is 1. The summed E-state index contributed by atoms with van der Waals surface area (Å²) in [5.41, 5.74) is 0.772. The second-order valence-corrected chi connectivity index (χ2v) is 10.7. The van der Waals surface area contributed by atoms with E-state index in [1.54, 1.807) is 44.2 Å². The Labute approximate surface area is 182 Å². The molecular formula is C22H19FN2O4S2. The third-order valence-corrected chi connectivity index (χ3v) is 7.93. The normalized spacial score (nSPS) is 11.9. The zero-order valence-corrected chi connectivity index (χ0v) is 18.4. The van der Waals surface area contributed by atoms with Crippen molar-refractivity contribution in [2.24, 2.45) is 0 Å². The molecular weight excluding hydrogens is 439 g/mol. The van der Waals surface area contributed by atoms with E-state index in [0.717, 1.165) is 0 Å². The average molecular weight is 459 g/mol. The molecule has 0 saturated carbocycles. The Hall–Kier alpha value is -3.04. The lowest BCUT2D eigenvalue weighted by atomic mass is 10.2. The predicted octanol–water partition coefficient (Wildman–Crippen LogP) is 5.06. The molecule has 0 atom stereocenters. The second kappa shape index (κ2) is 8.24. The van der Waals surface area contributed by atoms with Crippen LogP contribution in [0.1, 0.15) is 30.0 Å². The van der Waals surface area contributed by atoms with Gasteiger partial charge < -0.3 is 4.42 Å². The van der Waals surface area contributed by atoms with E-state index in [0.29, 0.717) is 21.1 Å². The molecule has 0 aliphatic rings. The van der Waals surface area contributed by atoms with Crippen molar-refractivity contribution in [1.29, 1.82) is 0 Å². The first-order valence-electron chi connectivity index (χ1n) is 9.50. The molecule has 1 amide bonds. The Kier molecular flexibility index (Phi) is 5.63. The van der Waals surface area contributed by atoms with Gasteiger partial charge in [-0.15, -0.1) is 0 Å². The summed E-state index contributed by atoms with van der Waals surface area (Å²) in [6.07, 6.45) is 1.50. The van der Waals surface area contributed by atoms with Crippen molar-refractivity contribution in [2.75, 3.05) is 4.90 Å². The molecule has 160 valence electrons. The van der Waals surface area contributed by atoms with Gasteiger partial charge in [-0.1, -0.05) is 17.4 Å². The van der Waals surface area contributed by atoms with Gasteiger partial charge in [-0.3, -0.25) is 9.69 Å². The van der Waals surface area contributed by atoms with Gasteiger partial charge in [-0.05, 0) is 62.4 Å². The lowest BCUT2D eigenvalue weighted by Crippen LogP contribution is -2.30. The van der Waals surface area contributed by atoms with Crippen molar-refractivity contribution < 1.29 is 22.0 Å². The van der Waals surface area contributed by atoms with Gasteiger partial charge in [-0.2, -0.15) is 0 Å². The van der Waals surface area contributed by atoms with Crippen LogP contribution in [0.15, 0.2) is 70.2 Å². The summed E-state index contributed by atoms with van der Waals surface area (Å²) in [6.45, 7) is 3.27. The van der Waals surface area contributed by atoms with Gasteiger partial charge >= 0.3 is 0 Å². The summed E-state index contributed by atoms with van der Waals surface area (Å²) >= 11 is 1.17. The molecule has 6 nitrogen and oxygen atoms in total. The number of nitrogens with zero attached hydrogens (tertiary/aromatic N) is 2.